The third-order valence-corrected chi connectivity index (χ3v) is 16.2. The molecule has 9 rings (SSSR count). The van der Waals surface area contributed by atoms with Gasteiger partial charge in [0.2, 0.25) is 3.79 Å². The number of nitrogens with zero attached hydrogens (tertiary/aromatic N) is 1. The second kappa shape index (κ2) is 20.5. The maximum absolute atomic E-state index is 16.1. The van der Waals surface area contributed by atoms with Crippen LogP contribution in [0.2, 0.25) is 0 Å². The number of halogens is 3. The first kappa shape index (κ1) is 55.9. The minimum absolute atomic E-state index is 0.0348. The summed E-state index contributed by atoms with van der Waals surface area (Å²) >= 11 is 17.9. The Kier molecular flexibility index (Phi) is 14.9. The number of Topliss-reactive ketones (excluding diaryl/α,β-unsaturated/α-hetero) is 1. The van der Waals surface area contributed by atoms with E-state index in [-0.39, 0.29) is 29.7 Å². The van der Waals surface area contributed by atoms with Gasteiger partial charge >= 0.3 is 30.2 Å². The van der Waals surface area contributed by atoms with Gasteiger partial charge in [-0.3, -0.25) is 14.5 Å². The van der Waals surface area contributed by atoms with Gasteiger partial charge in [-0.15, -0.1) is 0 Å². The molecule has 0 aromatic heterocycles. The smallest absolute Gasteiger partial charge is 0.456 e. The first-order chi connectivity index (χ1) is 36.1. The number of carbonyl (C=O) groups excluding carboxylic acids is 6. The van der Waals surface area contributed by atoms with Crippen molar-refractivity contribution in [2.24, 2.45) is 16.7 Å². The van der Waals surface area contributed by atoms with Gasteiger partial charge in [0.1, 0.15) is 42.2 Å². The maximum atomic E-state index is 16.1. The van der Waals surface area contributed by atoms with E-state index in [1.54, 1.807) is 81.4 Å². The number of esters is 3. The van der Waals surface area contributed by atoms with Crippen molar-refractivity contribution in [1.82, 2.24) is 4.90 Å². The fourth-order valence-corrected chi connectivity index (χ4v) is 12.4. The van der Waals surface area contributed by atoms with Crippen LogP contribution in [0.4, 0.5) is 9.59 Å². The van der Waals surface area contributed by atoms with E-state index in [4.69, 9.17) is 72.7 Å². The summed E-state index contributed by atoms with van der Waals surface area (Å²) < 4.78 is 47.2. The van der Waals surface area contributed by atoms with Crippen molar-refractivity contribution >= 4 is 81.5 Å². The van der Waals surface area contributed by atoms with Crippen molar-refractivity contribution in [3.63, 3.8) is 0 Å². The van der Waals surface area contributed by atoms with Crippen LogP contribution in [-0.4, -0.2) is 121 Å². The first-order valence-corrected chi connectivity index (χ1v) is 26.3. The number of aliphatic hydroxyl groups excluding tert-OH is 1. The first-order valence-electron chi connectivity index (χ1n) is 25.2. The molecule has 0 unspecified atom stereocenters. The van der Waals surface area contributed by atoms with E-state index in [0.717, 1.165) is 17.7 Å². The predicted molar refractivity (Wildman–Crippen MR) is 278 cm³/mol. The average molecular weight is 1120 g/mol. The predicted octanol–water partition coefficient (Wildman–Crippen LogP) is 9.39. The fourth-order valence-electron chi connectivity index (χ4n) is 12.3. The summed E-state index contributed by atoms with van der Waals surface area (Å²) in [7, 11) is 0. The van der Waals surface area contributed by atoms with Gasteiger partial charge in [0.25, 0.3) is 0 Å². The van der Waals surface area contributed by atoms with E-state index < -0.39 is 135 Å². The van der Waals surface area contributed by atoms with Crippen LogP contribution >= 0.6 is 34.8 Å². The van der Waals surface area contributed by atoms with Crippen LogP contribution in [0, 0.1) is 16.7 Å². The van der Waals surface area contributed by atoms with Crippen LogP contribution in [-0.2, 0) is 52.3 Å². The quantitative estimate of drug-likeness (QED) is 0.0690. The minimum atomic E-state index is -2.51. The van der Waals surface area contributed by atoms with Crippen molar-refractivity contribution in [2.45, 2.75) is 138 Å². The van der Waals surface area contributed by atoms with E-state index >= 15 is 9.59 Å². The molecule has 3 aliphatic carbocycles. The molecule has 2 bridgehead atoms. The highest BCUT2D eigenvalue weighted by Crippen LogP contribution is 2.65. The second-order valence-corrected chi connectivity index (χ2v) is 24.6. The lowest BCUT2D eigenvalue weighted by Crippen LogP contribution is -2.82. The molecular weight excluding hydrogens is 1060 g/mol. The number of aliphatic hydroxyl groups is 2. The van der Waals surface area contributed by atoms with Crippen LogP contribution in [0.1, 0.15) is 102 Å². The van der Waals surface area contributed by atoms with E-state index in [1.807, 2.05) is 30.3 Å². The molecule has 4 fully saturated rings. The summed E-state index contributed by atoms with van der Waals surface area (Å²) in [6, 6.07) is 28.2. The largest absolute Gasteiger partial charge is 0.509 e. The fraction of sp³-hybridized carbons (Fsp3) is 0.474. The topological polar surface area (TPSA) is 220 Å². The van der Waals surface area contributed by atoms with Crippen LogP contribution in [0.3, 0.4) is 0 Å². The van der Waals surface area contributed by atoms with E-state index in [0.29, 0.717) is 11.1 Å². The second-order valence-electron chi connectivity index (χ2n) is 22.1. The Hall–Kier alpha value is -5.79. The lowest BCUT2D eigenvalue weighted by Gasteiger charge is -2.67. The van der Waals surface area contributed by atoms with Gasteiger partial charge in [0.05, 0.1) is 29.6 Å². The zero-order chi connectivity index (χ0) is 55.8. The minimum Gasteiger partial charge on any atom is -0.456 e. The van der Waals surface area contributed by atoms with Crippen LogP contribution < -0.4 is 0 Å². The van der Waals surface area contributed by atoms with Crippen molar-refractivity contribution in [3.05, 3.63) is 131 Å². The molecule has 20 heteroatoms. The molecule has 4 aromatic carbocycles. The van der Waals surface area contributed by atoms with Crippen LogP contribution in [0.5, 0.6) is 0 Å². The van der Waals surface area contributed by atoms with Crippen molar-refractivity contribution in [3.8, 4) is 0 Å². The summed E-state index contributed by atoms with van der Waals surface area (Å²) in [6.45, 7) is 11.0. The van der Waals surface area contributed by atoms with Crippen molar-refractivity contribution < 1.29 is 76.9 Å². The Balaban J connectivity index is 1.23. The molecule has 410 valence electrons. The molecule has 4 aromatic rings. The summed E-state index contributed by atoms with van der Waals surface area (Å²) in [6.07, 6.45) is -14.4. The summed E-state index contributed by atoms with van der Waals surface area (Å²) in [4.78, 5) is 89.5. The average Bonchev–Trinajstić information content (AvgIpc) is 3.97. The summed E-state index contributed by atoms with van der Waals surface area (Å²) in [5.41, 5.74) is -8.42. The Morgan fingerprint density at radius 3 is 2.10 bits per heavy atom. The SMILES string of the molecule is CC(=O)O[C@@]12CO[C@@H]1C[C@H](O)[C@@]1(C)C(=O)[C@H](OC(=O)OCC(Cl)(Cl)Cl)C3=C(C)[C@@H](OC(=O)[C@@H]4O[C@H](c5cccc6ccccc56)N(C(=O)OC(C)(C)C)[C@H]4c4ccccc4)C[C@@](O)([C@@H](OC(=O)c4ccccc4)[C@H]21)C3(C)C. The van der Waals surface area contributed by atoms with E-state index in [2.05, 4.69) is 0 Å². The number of amides is 1. The number of alkyl halides is 3. The van der Waals surface area contributed by atoms with Gasteiger partial charge in [0, 0.05) is 30.7 Å². The maximum Gasteiger partial charge on any atom is 0.509 e. The van der Waals surface area contributed by atoms with Gasteiger partial charge in [-0.25, -0.2) is 19.2 Å². The molecule has 2 N–H and O–H groups in total. The normalized spacial score (nSPS) is 31.6. The van der Waals surface area contributed by atoms with E-state index in [9.17, 15) is 29.4 Å². The molecule has 77 heavy (non-hydrogen) atoms. The highest BCUT2D eigenvalue weighted by atomic mass is 35.6. The molecule has 0 spiro atoms. The highest BCUT2D eigenvalue weighted by Gasteiger charge is 2.78. The molecule has 0 radical (unpaired) electrons. The van der Waals surface area contributed by atoms with Crippen molar-refractivity contribution in [1.29, 1.82) is 0 Å². The molecule has 1 amide bonds. The number of hydrogen-bond acceptors (Lipinski definition) is 16. The number of ether oxygens (including phenoxy) is 8. The van der Waals surface area contributed by atoms with Gasteiger partial charge in [-0.05, 0) is 74.2 Å². The zero-order valence-electron chi connectivity index (χ0n) is 43.5. The lowest BCUT2D eigenvalue weighted by atomic mass is 9.44. The van der Waals surface area contributed by atoms with E-state index in [1.165, 1.54) is 44.7 Å². The molecule has 2 heterocycles. The summed E-state index contributed by atoms with van der Waals surface area (Å²) in [5, 5.41) is 28.1. The molecule has 2 saturated carbocycles. The zero-order valence-corrected chi connectivity index (χ0v) is 45.8. The van der Waals surface area contributed by atoms with Gasteiger partial charge in [-0.2, -0.15) is 0 Å². The van der Waals surface area contributed by atoms with Gasteiger partial charge in [0.15, 0.2) is 29.8 Å². The Morgan fingerprint density at radius 1 is 0.844 bits per heavy atom. The molecule has 2 saturated heterocycles. The number of benzene rings is 4. The molecule has 17 nitrogen and oxygen atoms in total. The third-order valence-electron chi connectivity index (χ3n) is 15.9. The molecule has 5 aliphatic rings. The number of rotatable bonds is 9. The number of carbonyl (C=O) groups is 6. The molecule has 2 aliphatic heterocycles. The highest BCUT2D eigenvalue weighted by molar-refractivity contribution is 6.67. The lowest BCUT2D eigenvalue weighted by molar-refractivity contribution is -0.346. The van der Waals surface area contributed by atoms with Crippen LogP contribution in [0.15, 0.2) is 114 Å². The third kappa shape index (κ3) is 9.95. The monoisotopic (exact) mass is 1120 g/mol. The molecular formula is C57H60Cl3NO16. The summed E-state index contributed by atoms with van der Waals surface area (Å²) in [5.74, 6) is -5.50. The van der Waals surface area contributed by atoms with Crippen LogP contribution in [0.25, 0.3) is 10.8 Å². The van der Waals surface area contributed by atoms with Crippen molar-refractivity contribution in [2.75, 3.05) is 13.2 Å². The number of fused-ring (bicyclic) bond motifs is 6. The van der Waals surface area contributed by atoms with Gasteiger partial charge in [-0.1, -0.05) is 140 Å². The number of hydrogen-bond donors (Lipinski definition) is 2. The Morgan fingerprint density at radius 2 is 1.48 bits per heavy atom. The molecule has 12 atom stereocenters. The Labute approximate surface area is 459 Å². The Bertz CT molecular complexity index is 3010. The number of ketones is 1. The standard InChI is InChI=1S/C57H60Cl3NO16/c1-30-37(72-49(66)43-41(33-19-11-9-12-20-33)61(50(67)77-52(3,4)5)47(73-43)36-25-17-23-32-18-15-16-24-35(32)36)27-56(69)46(75-48(65)34-21-13-10-14-22-34)44-54(8,38(63)26-39-55(44,28-70-39)76-31(2)62)45(64)42(40(30)53(56,6)7)74-51(68)71-29-57(58,59)60/h9-25,37-39,41-44,46-47,63,69H,26-29H2,1-8H3/t37-,38-,39+,41-,42+,43+,44-,46-,47+,54+,55-,56+/m0/s1. The van der Waals surface area contributed by atoms with Gasteiger partial charge < -0.3 is 48.1 Å².